The third-order valence-electron chi connectivity index (χ3n) is 3.44. The Labute approximate surface area is 133 Å². The van der Waals surface area contributed by atoms with Crippen molar-refractivity contribution < 1.29 is 4.74 Å². The van der Waals surface area contributed by atoms with E-state index in [0.717, 1.165) is 28.6 Å². The highest BCUT2D eigenvalue weighted by Gasteiger charge is 2.06. The quantitative estimate of drug-likeness (QED) is 0.726. The summed E-state index contributed by atoms with van der Waals surface area (Å²) in [7, 11) is 1.71. The fraction of sp³-hybridized carbons (Fsp3) is 0.176. The molecule has 0 unspecified atom stereocenters. The van der Waals surface area contributed by atoms with Gasteiger partial charge in [0.2, 0.25) is 0 Å². The fourth-order valence-electron chi connectivity index (χ4n) is 2.43. The number of methoxy groups -OCH3 is 1. The normalized spacial score (nSPS) is 11.0. The largest absolute Gasteiger partial charge is 0.496 e. The Morgan fingerprint density at radius 1 is 1.00 bits per heavy atom. The zero-order valence-electron chi connectivity index (χ0n) is 11.7. The standard InChI is InChI=1S/C17H16ClNOS/c1-20-16-8-6-12(14-4-2-3-5-15(14)16)10-19-11-13-7-9-17(18)21-13/h2-9,19H,10-11H2,1H3. The second kappa shape index (κ2) is 6.48. The van der Waals surface area contributed by atoms with Crippen molar-refractivity contribution in [3.8, 4) is 5.75 Å². The number of fused-ring (bicyclic) bond motifs is 1. The maximum Gasteiger partial charge on any atom is 0.126 e. The van der Waals surface area contributed by atoms with E-state index in [9.17, 15) is 0 Å². The van der Waals surface area contributed by atoms with Gasteiger partial charge < -0.3 is 10.1 Å². The van der Waals surface area contributed by atoms with E-state index in [1.54, 1.807) is 18.4 Å². The molecule has 1 heterocycles. The lowest BCUT2D eigenvalue weighted by molar-refractivity contribution is 0.419. The van der Waals surface area contributed by atoms with Gasteiger partial charge in [0.05, 0.1) is 11.4 Å². The second-order valence-electron chi connectivity index (χ2n) is 4.78. The average molecular weight is 318 g/mol. The molecule has 2 aromatic carbocycles. The number of hydrogen-bond donors (Lipinski definition) is 1. The Hall–Kier alpha value is -1.55. The van der Waals surface area contributed by atoms with Crippen LogP contribution in [0.15, 0.2) is 48.5 Å². The summed E-state index contributed by atoms with van der Waals surface area (Å²) in [5.74, 6) is 0.916. The van der Waals surface area contributed by atoms with Crippen molar-refractivity contribution in [1.82, 2.24) is 5.32 Å². The summed E-state index contributed by atoms with van der Waals surface area (Å²) in [6.07, 6.45) is 0. The molecule has 108 valence electrons. The molecule has 2 nitrogen and oxygen atoms in total. The first-order chi connectivity index (χ1) is 10.3. The Morgan fingerprint density at radius 2 is 1.81 bits per heavy atom. The van der Waals surface area contributed by atoms with Crippen LogP contribution in [0.5, 0.6) is 5.75 Å². The molecule has 21 heavy (non-hydrogen) atoms. The number of benzene rings is 2. The second-order valence-corrected chi connectivity index (χ2v) is 6.58. The smallest absolute Gasteiger partial charge is 0.126 e. The van der Waals surface area contributed by atoms with Crippen LogP contribution in [-0.4, -0.2) is 7.11 Å². The number of rotatable bonds is 5. The lowest BCUT2D eigenvalue weighted by atomic mass is 10.0. The lowest BCUT2D eigenvalue weighted by Gasteiger charge is -2.11. The van der Waals surface area contributed by atoms with Crippen LogP contribution in [0.3, 0.4) is 0 Å². The molecule has 0 spiro atoms. The molecule has 0 amide bonds. The predicted octanol–water partition coefficient (Wildman–Crippen LogP) is 4.85. The molecule has 0 aliphatic carbocycles. The highest BCUT2D eigenvalue weighted by molar-refractivity contribution is 7.16. The van der Waals surface area contributed by atoms with Gasteiger partial charge in [-0.25, -0.2) is 0 Å². The summed E-state index contributed by atoms with van der Waals surface area (Å²) in [5.41, 5.74) is 1.27. The number of nitrogens with one attached hydrogen (secondary N) is 1. The number of hydrogen-bond acceptors (Lipinski definition) is 3. The summed E-state index contributed by atoms with van der Waals surface area (Å²) in [6, 6.07) is 16.5. The first-order valence-electron chi connectivity index (χ1n) is 6.77. The fourth-order valence-corrected chi connectivity index (χ4v) is 3.49. The molecule has 0 bridgehead atoms. The third kappa shape index (κ3) is 3.21. The van der Waals surface area contributed by atoms with Crippen LogP contribution >= 0.6 is 22.9 Å². The minimum absolute atomic E-state index is 0.819. The Kier molecular flexibility index (Phi) is 4.44. The SMILES string of the molecule is COc1ccc(CNCc2ccc(Cl)s2)c2ccccc12. The monoisotopic (exact) mass is 317 g/mol. The summed E-state index contributed by atoms with van der Waals surface area (Å²) in [5, 5.41) is 5.85. The van der Waals surface area contributed by atoms with E-state index in [4.69, 9.17) is 16.3 Å². The molecule has 0 aliphatic rings. The minimum atomic E-state index is 0.819. The Bertz CT molecular complexity index is 753. The summed E-state index contributed by atoms with van der Waals surface area (Å²) < 4.78 is 6.26. The molecule has 0 saturated heterocycles. The third-order valence-corrected chi connectivity index (χ3v) is 4.67. The van der Waals surface area contributed by atoms with Gasteiger partial charge in [-0.1, -0.05) is 41.9 Å². The molecule has 0 aliphatic heterocycles. The molecule has 0 atom stereocenters. The van der Waals surface area contributed by atoms with Crippen LogP contribution in [0.4, 0.5) is 0 Å². The zero-order chi connectivity index (χ0) is 14.7. The summed E-state index contributed by atoms with van der Waals surface area (Å²) in [6.45, 7) is 1.65. The van der Waals surface area contributed by atoms with E-state index in [2.05, 4.69) is 35.6 Å². The van der Waals surface area contributed by atoms with Crippen molar-refractivity contribution >= 4 is 33.7 Å². The van der Waals surface area contributed by atoms with Gasteiger partial charge >= 0.3 is 0 Å². The van der Waals surface area contributed by atoms with Crippen LogP contribution in [0, 0.1) is 0 Å². The van der Waals surface area contributed by atoms with Gasteiger partial charge in [0.1, 0.15) is 5.75 Å². The van der Waals surface area contributed by atoms with Crippen molar-refractivity contribution in [3.05, 3.63) is 63.3 Å². The van der Waals surface area contributed by atoms with Gasteiger partial charge in [-0.3, -0.25) is 0 Å². The minimum Gasteiger partial charge on any atom is -0.496 e. The van der Waals surface area contributed by atoms with Gasteiger partial charge in [-0.15, -0.1) is 11.3 Å². The van der Waals surface area contributed by atoms with Crippen molar-refractivity contribution in [2.24, 2.45) is 0 Å². The molecule has 0 radical (unpaired) electrons. The molecule has 1 N–H and O–H groups in total. The van der Waals surface area contributed by atoms with Gasteiger partial charge in [0, 0.05) is 23.4 Å². The van der Waals surface area contributed by atoms with Crippen LogP contribution in [0.2, 0.25) is 4.34 Å². The first kappa shape index (κ1) is 14.4. The molecule has 4 heteroatoms. The van der Waals surface area contributed by atoms with E-state index in [-0.39, 0.29) is 0 Å². The van der Waals surface area contributed by atoms with Crippen LogP contribution in [-0.2, 0) is 13.1 Å². The highest BCUT2D eigenvalue weighted by atomic mass is 35.5. The van der Waals surface area contributed by atoms with Crippen LogP contribution in [0.1, 0.15) is 10.4 Å². The molecule has 0 fully saturated rings. The van der Waals surface area contributed by atoms with E-state index < -0.39 is 0 Å². The zero-order valence-corrected chi connectivity index (χ0v) is 13.3. The maximum absolute atomic E-state index is 5.94. The average Bonchev–Trinajstić information content (AvgIpc) is 2.93. The molecule has 3 rings (SSSR count). The summed E-state index contributed by atoms with van der Waals surface area (Å²) in [4.78, 5) is 1.25. The van der Waals surface area contributed by atoms with Crippen LogP contribution in [0.25, 0.3) is 10.8 Å². The van der Waals surface area contributed by atoms with Crippen molar-refractivity contribution in [2.45, 2.75) is 13.1 Å². The molecule has 1 aromatic heterocycles. The predicted molar refractivity (Wildman–Crippen MR) is 90.4 cm³/mol. The van der Waals surface area contributed by atoms with E-state index >= 15 is 0 Å². The van der Waals surface area contributed by atoms with Gasteiger partial charge in [0.25, 0.3) is 0 Å². The van der Waals surface area contributed by atoms with Crippen molar-refractivity contribution in [3.63, 3.8) is 0 Å². The van der Waals surface area contributed by atoms with Gasteiger partial charge in [0.15, 0.2) is 0 Å². The molecular weight excluding hydrogens is 302 g/mol. The van der Waals surface area contributed by atoms with E-state index in [1.165, 1.54) is 15.8 Å². The number of ether oxygens (including phenoxy) is 1. The number of halogens is 1. The van der Waals surface area contributed by atoms with Crippen molar-refractivity contribution in [1.29, 1.82) is 0 Å². The Morgan fingerprint density at radius 3 is 2.52 bits per heavy atom. The van der Waals surface area contributed by atoms with E-state index in [0.29, 0.717) is 0 Å². The molecular formula is C17H16ClNOS. The van der Waals surface area contributed by atoms with Gasteiger partial charge in [-0.2, -0.15) is 0 Å². The maximum atomic E-state index is 5.94. The van der Waals surface area contributed by atoms with Crippen LogP contribution < -0.4 is 10.1 Å². The molecule has 0 saturated carbocycles. The first-order valence-corrected chi connectivity index (χ1v) is 7.97. The number of thiophene rings is 1. The van der Waals surface area contributed by atoms with Crippen molar-refractivity contribution in [2.75, 3.05) is 7.11 Å². The summed E-state index contributed by atoms with van der Waals surface area (Å²) >= 11 is 7.56. The topological polar surface area (TPSA) is 21.3 Å². The Balaban J connectivity index is 1.78. The lowest BCUT2D eigenvalue weighted by Crippen LogP contribution is -2.12. The van der Waals surface area contributed by atoms with Gasteiger partial charge in [-0.05, 0) is 29.1 Å². The molecule has 3 aromatic rings. The van der Waals surface area contributed by atoms with E-state index in [1.807, 2.05) is 18.2 Å². The highest BCUT2D eigenvalue weighted by Crippen LogP contribution is 2.28.